The van der Waals surface area contributed by atoms with Gasteiger partial charge in [0.2, 0.25) is 0 Å². The zero-order chi connectivity index (χ0) is 38.1. The lowest BCUT2D eigenvalue weighted by Gasteiger charge is -2.15. The minimum absolute atomic E-state index is 0.571. The number of hydrogen-bond donors (Lipinski definition) is 0. The van der Waals surface area contributed by atoms with E-state index in [0.717, 1.165) is 55.4 Å². The van der Waals surface area contributed by atoms with Gasteiger partial charge < -0.3 is 13.4 Å². The summed E-state index contributed by atoms with van der Waals surface area (Å²) in [6, 6.07) is 59.8. The molecule has 0 saturated heterocycles. The quantitative estimate of drug-likeness (QED) is 0.180. The molecule has 13 aromatic rings. The van der Waals surface area contributed by atoms with Crippen LogP contribution in [0, 0.1) is 6.92 Å². The van der Waals surface area contributed by atoms with Gasteiger partial charge in [-0.2, -0.15) is 0 Å². The van der Waals surface area contributed by atoms with Gasteiger partial charge >= 0.3 is 0 Å². The molecule has 0 atom stereocenters. The van der Waals surface area contributed by atoms with Crippen molar-refractivity contribution in [2.24, 2.45) is 0 Å². The lowest BCUT2D eigenvalue weighted by molar-refractivity contribution is 0.669. The first-order valence-corrected chi connectivity index (χ1v) is 19.6. The Morgan fingerprint density at radius 3 is 1.74 bits per heavy atom. The fraction of sp³-hybridized carbons (Fsp3) is 0.0192. The summed E-state index contributed by atoms with van der Waals surface area (Å²) >= 11 is 0. The highest BCUT2D eigenvalue weighted by Crippen LogP contribution is 2.47. The third-order valence-corrected chi connectivity index (χ3v) is 12.0. The maximum Gasteiger partial charge on any atom is 0.168 e. The number of hydrogen-bond acceptors (Lipinski definition) is 4. The normalized spacial score (nSPS) is 12.2. The molecule has 0 unspecified atom stereocenters. The average Bonchev–Trinajstić information content (AvgIpc) is 4.03. The van der Waals surface area contributed by atoms with E-state index in [2.05, 4.69) is 119 Å². The largest absolute Gasteiger partial charge is 0.455 e. The summed E-state index contributed by atoms with van der Waals surface area (Å²) in [7, 11) is 0. The Balaban J connectivity index is 1.18. The molecule has 0 fully saturated rings. The van der Waals surface area contributed by atoms with Crippen LogP contribution in [0.5, 0.6) is 0 Å². The summed E-state index contributed by atoms with van der Waals surface area (Å²) in [5.41, 5.74) is 12.3. The summed E-state index contributed by atoms with van der Waals surface area (Å²) < 4.78 is 11.9. The van der Waals surface area contributed by atoms with Gasteiger partial charge in [0.15, 0.2) is 17.5 Å². The van der Waals surface area contributed by atoms with E-state index in [0.29, 0.717) is 17.5 Å². The van der Waals surface area contributed by atoms with Crippen LogP contribution in [-0.2, 0) is 0 Å². The first kappa shape index (κ1) is 31.4. The van der Waals surface area contributed by atoms with Crippen molar-refractivity contribution in [2.75, 3.05) is 0 Å². The van der Waals surface area contributed by atoms with Crippen molar-refractivity contribution in [3.63, 3.8) is 0 Å². The smallest absolute Gasteiger partial charge is 0.168 e. The average molecular weight is 742 g/mol. The van der Waals surface area contributed by atoms with Gasteiger partial charge in [-0.25, -0.2) is 15.0 Å². The molecule has 0 radical (unpaired) electrons. The molecule has 6 nitrogen and oxygen atoms in total. The topological polar surface area (TPSA) is 61.2 Å². The molecule has 0 aliphatic carbocycles. The molecule has 5 aromatic heterocycles. The molecule has 0 spiro atoms. The van der Waals surface area contributed by atoms with E-state index in [1.165, 1.54) is 54.4 Å². The van der Waals surface area contributed by atoms with Crippen molar-refractivity contribution in [2.45, 2.75) is 6.92 Å². The van der Waals surface area contributed by atoms with E-state index in [1.807, 2.05) is 66.7 Å². The first-order valence-electron chi connectivity index (χ1n) is 19.6. The van der Waals surface area contributed by atoms with Crippen molar-refractivity contribution in [3.8, 4) is 39.9 Å². The second-order valence-electron chi connectivity index (χ2n) is 15.2. The van der Waals surface area contributed by atoms with Crippen molar-refractivity contribution < 1.29 is 4.42 Å². The number of benzene rings is 8. The number of aryl methyl sites for hydroxylation is 1. The molecule has 0 saturated carbocycles. The Kier molecular flexibility index (Phi) is 6.28. The molecule has 0 bridgehead atoms. The van der Waals surface area contributed by atoms with Gasteiger partial charge in [0.25, 0.3) is 0 Å². The number of nitrogens with zero attached hydrogens (tertiary/aromatic N) is 5. The van der Waals surface area contributed by atoms with Gasteiger partial charge in [0, 0.05) is 48.8 Å². The van der Waals surface area contributed by atoms with Gasteiger partial charge in [0.05, 0.1) is 44.2 Å². The van der Waals surface area contributed by atoms with Crippen LogP contribution in [0.15, 0.2) is 174 Å². The zero-order valence-electron chi connectivity index (χ0n) is 31.3. The van der Waals surface area contributed by atoms with E-state index in [9.17, 15) is 0 Å². The monoisotopic (exact) mass is 741 g/mol. The summed E-state index contributed by atoms with van der Waals surface area (Å²) in [6.07, 6.45) is 0. The van der Waals surface area contributed by atoms with Crippen LogP contribution in [0.2, 0.25) is 0 Å². The van der Waals surface area contributed by atoms with Crippen LogP contribution in [0.25, 0.3) is 122 Å². The molecular formula is C52H31N5O. The van der Waals surface area contributed by atoms with Crippen LogP contribution in [0.1, 0.15) is 5.56 Å². The molecule has 8 aromatic carbocycles. The number of aromatic nitrogens is 5. The highest BCUT2D eigenvalue weighted by atomic mass is 16.3. The van der Waals surface area contributed by atoms with Crippen LogP contribution < -0.4 is 0 Å². The molecule has 0 amide bonds. The fourth-order valence-corrected chi connectivity index (χ4v) is 9.60. The number of fused-ring (bicyclic) bond motifs is 13. The molecule has 0 aliphatic rings. The van der Waals surface area contributed by atoms with E-state index in [1.54, 1.807) is 0 Å². The summed E-state index contributed by atoms with van der Waals surface area (Å²) in [4.78, 5) is 15.4. The van der Waals surface area contributed by atoms with Crippen molar-refractivity contribution in [1.82, 2.24) is 23.9 Å². The van der Waals surface area contributed by atoms with Crippen LogP contribution >= 0.6 is 0 Å². The zero-order valence-corrected chi connectivity index (χ0v) is 31.3. The Hall–Kier alpha value is -7.83. The summed E-state index contributed by atoms with van der Waals surface area (Å²) in [5, 5.41) is 9.48. The van der Waals surface area contributed by atoms with Crippen molar-refractivity contribution in [3.05, 3.63) is 175 Å². The minimum atomic E-state index is 0.571. The van der Waals surface area contributed by atoms with E-state index in [4.69, 9.17) is 19.4 Å². The van der Waals surface area contributed by atoms with Gasteiger partial charge in [-0.1, -0.05) is 140 Å². The Bertz CT molecular complexity index is 3740. The number of furan rings is 1. The number of rotatable bonds is 4. The standard InChI is InChI=1S/C52H31N5O/c1-30-29-42(57-40-25-12-9-20-34(40)36-27-28-41-45(48(36)57)38-23-14-22-35-33-19-8-11-24-39(33)56(41)47(35)38)46-37-21-10-13-26-43(37)58-49(46)44(30)52-54-50(31-15-4-2-5-16-31)53-51(55-52)32-17-6-3-7-18-32/h2-29H,1H3. The van der Waals surface area contributed by atoms with Crippen LogP contribution in [0.4, 0.5) is 0 Å². The Labute approximate surface area is 331 Å². The third-order valence-electron chi connectivity index (χ3n) is 12.0. The maximum absolute atomic E-state index is 6.98. The van der Waals surface area contributed by atoms with Crippen molar-refractivity contribution >= 4 is 81.8 Å². The maximum atomic E-state index is 6.98. The predicted octanol–water partition coefficient (Wildman–Crippen LogP) is 13.3. The molecule has 0 aliphatic heterocycles. The SMILES string of the molecule is Cc1cc(-n2c3ccccc3c3ccc4c(c5cccc6c7ccccc7n4c65)c32)c2c(oc3ccccc32)c1-c1nc(-c2ccccc2)nc(-c2ccccc2)n1. The van der Waals surface area contributed by atoms with E-state index in [-0.39, 0.29) is 0 Å². The van der Waals surface area contributed by atoms with Crippen LogP contribution in [-0.4, -0.2) is 23.9 Å². The lowest BCUT2D eigenvalue weighted by Crippen LogP contribution is -2.03. The second-order valence-corrected chi connectivity index (χ2v) is 15.2. The Morgan fingerprint density at radius 1 is 0.431 bits per heavy atom. The predicted molar refractivity (Wildman–Crippen MR) is 237 cm³/mol. The molecule has 270 valence electrons. The van der Waals surface area contributed by atoms with Gasteiger partial charge in [-0.15, -0.1) is 0 Å². The third kappa shape index (κ3) is 4.18. The van der Waals surface area contributed by atoms with Gasteiger partial charge in [-0.3, -0.25) is 0 Å². The van der Waals surface area contributed by atoms with Crippen LogP contribution in [0.3, 0.4) is 0 Å². The lowest BCUT2D eigenvalue weighted by atomic mass is 10.00. The molecule has 6 heteroatoms. The molecule has 5 heterocycles. The molecule has 0 N–H and O–H groups in total. The summed E-state index contributed by atoms with van der Waals surface area (Å²) in [6.45, 7) is 2.15. The summed E-state index contributed by atoms with van der Waals surface area (Å²) in [5.74, 6) is 1.79. The van der Waals surface area contributed by atoms with E-state index >= 15 is 0 Å². The highest BCUT2D eigenvalue weighted by molar-refractivity contribution is 6.31. The Morgan fingerprint density at radius 2 is 1.00 bits per heavy atom. The minimum Gasteiger partial charge on any atom is -0.455 e. The molecule has 58 heavy (non-hydrogen) atoms. The second kappa shape index (κ2) is 11.6. The van der Waals surface area contributed by atoms with Crippen molar-refractivity contribution in [1.29, 1.82) is 0 Å². The van der Waals surface area contributed by atoms with Gasteiger partial charge in [-0.05, 0) is 42.8 Å². The fourth-order valence-electron chi connectivity index (χ4n) is 9.60. The highest BCUT2D eigenvalue weighted by Gasteiger charge is 2.27. The van der Waals surface area contributed by atoms with E-state index < -0.39 is 0 Å². The van der Waals surface area contributed by atoms with Gasteiger partial charge in [0.1, 0.15) is 11.2 Å². The molecular weight excluding hydrogens is 711 g/mol. The first-order chi connectivity index (χ1) is 28.7. The number of para-hydroxylation sites is 4. The molecule has 13 rings (SSSR count).